The third kappa shape index (κ3) is 3.76. The van der Waals surface area contributed by atoms with Crippen LogP contribution >= 0.6 is 27.3 Å². The maximum atomic E-state index is 5.57. The summed E-state index contributed by atoms with van der Waals surface area (Å²) < 4.78 is 6.62. The Morgan fingerprint density at radius 2 is 2.29 bits per heavy atom. The van der Waals surface area contributed by atoms with Crippen molar-refractivity contribution in [2.75, 3.05) is 7.05 Å². The summed E-state index contributed by atoms with van der Waals surface area (Å²) in [5, 5.41) is 12.5. The Kier molecular flexibility index (Phi) is 4.47. The van der Waals surface area contributed by atoms with Crippen LogP contribution in [0, 0.1) is 0 Å². The molecule has 1 heterocycles. The van der Waals surface area contributed by atoms with Gasteiger partial charge >= 0.3 is 0 Å². The molecule has 0 aliphatic carbocycles. The second-order valence-electron chi connectivity index (χ2n) is 3.41. The Morgan fingerprint density at radius 1 is 1.41 bits per heavy atom. The van der Waals surface area contributed by atoms with Crippen LogP contribution in [0.1, 0.15) is 10.6 Å². The molecule has 0 fully saturated rings. The molecule has 0 saturated carbocycles. The van der Waals surface area contributed by atoms with Crippen molar-refractivity contribution in [1.29, 1.82) is 0 Å². The quantitative estimate of drug-likeness (QED) is 0.921. The summed E-state index contributed by atoms with van der Waals surface area (Å²) in [4.78, 5) is 0. The molecule has 1 aromatic carbocycles. The van der Waals surface area contributed by atoms with Crippen LogP contribution in [0.15, 0.2) is 28.7 Å². The van der Waals surface area contributed by atoms with Gasteiger partial charge in [-0.05, 0) is 24.7 Å². The van der Waals surface area contributed by atoms with Crippen LogP contribution in [0.2, 0.25) is 0 Å². The van der Waals surface area contributed by atoms with Crippen LogP contribution < -0.4 is 10.1 Å². The minimum Gasteiger partial charge on any atom is -0.464 e. The molecule has 0 unspecified atom stereocenters. The zero-order valence-corrected chi connectivity index (χ0v) is 11.7. The van der Waals surface area contributed by atoms with Gasteiger partial charge in [-0.25, -0.2) is 0 Å². The molecule has 2 aromatic rings. The van der Waals surface area contributed by atoms with Crippen LogP contribution in [0.25, 0.3) is 0 Å². The number of nitrogens with zero attached hydrogens (tertiary/aromatic N) is 2. The molecule has 6 heteroatoms. The molecule has 4 nitrogen and oxygen atoms in total. The van der Waals surface area contributed by atoms with E-state index in [1.165, 1.54) is 11.3 Å². The van der Waals surface area contributed by atoms with E-state index in [9.17, 15) is 0 Å². The Balaban J connectivity index is 1.93. The Bertz CT molecular complexity index is 489. The fraction of sp³-hybridized carbons (Fsp3) is 0.273. The lowest BCUT2D eigenvalue weighted by Crippen LogP contribution is -2.04. The molecule has 0 radical (unpaired) electrons. The van der Waals surface area contributed by atoms with Crippen LogP contribution in [0.3, 0.4) is 0 Å². The van der Waals surface area contributed by atoms with Crippen LogP contribution in [0.5, 0.6) is 5.19 Å². The first kappa shape index (κ1) is 12.5. The van der Waals surface area contributed by atoms with Gasteiger partial charge in [-0.1, -0.05) is 44.5 Å². The summed E-state index contributed by atoms with van der Waals surface area (Å²) in [6.07, 6.45) is 0. The molecule has 90 valence electrons. The highest BCUT2D eigenvalue weighted by Gasteiger charge is 2.04. The molecule has 1 N–H and O–H groups in total. The largest absolute Gasteiger partial charge is 0.464 e. The van der Waals surface area contributed by atoms with Gasteiger partial charge in [-0.15, -0.1) is 5.10 Å². The van der Waals surface area contributed by atoms with Gasteiger partial charge < -0.3 is 10.1 Å². The fourth-order valence-corrected chi connectivity index (χ4v) is 2.44. The Morgan fingerprint density at radius 3 is 3.06 bits per heavy atom. The number of benzene rings is 1. The van der Waals surface area contributed by atoms with E-state index in [0.29, 0.717) is 11.8 Å². The van der Waals surface area contributed by atoms with Crippen molar-refractivity contribution >= 4 is 27.3 Å². The van der Waals surface area contributed by atoms with E-state index in [1.807, 2.05) is 31.3 Å². The molecule has 0 amide bonds. The van der Waals surface area contributed by atoms with Crippen molar-refractivity contribution in [1.82, 2.24) is 15.5 Å². The molecule has 2 rings (SSSR count). The summed E-state index contributed by atoms with van der Waals surface area (Å²) in [5.41, 5.74) is 1.10. The fourth-order valence-electron chi connectivity index (χ4n) is 1.29. The van der Waals surface area contributed by atoms with Crippen molar-refractivity contribution in [2.45, 2.75) is 13.2 Å². The van der Waals surface area contributed by atoms with Crippen LogP contribution in [0.4, 0.5) is 0 Å². The molecule has 0 aliphatic rings. The van der Waals surface area contributed by atoms with Gasteiger partial charge in [0.2, 0.25) is 0 Å². The smallest absolute Gasteiger partial charge is 0.294 e. The third-order valence-electron chi connectivity index (χ3n) is 2.03. The molecule has 0 bridgehead atoms. The first-order valence-corrected chi connectivity index (χ1v) is 6.73. The number of rotatable bonds is 5. The number of ether oxygens (including phenoxy) is 1. The van der Waals surface area contributed by atoms with Crippen molar-refractivity contribution in [2.24, 2.45) is 0 Å². The Labute approximate surface area is 112 Å². The number of hydrogen-bond acceptors (Lipinski definition) is 5. The van der Waals surface area contributed by atoms with Crippen molar-refractivity contribution in [3.63, 3.8) is 0 Å². The van der Waals surface area contributed by atoms with Gasteiger partial charge in [0.05, 0.1) is 0 Å². The van der Waals surface area contributed by atoms with E-state index in [-0.39, 0.29) is 0 Å². The van der Waals surface area contributed by atoms with Crippen molar-refractivity contribution < 1.29 is 4.74 Å². The second-order valence-corrected chi connectivity index (χ2v) is 5.35. The lowest BCUT2D eigenvalue weighted by Gasteiger charge is -2.02. The van der Waals surface area contributed by atoms with Crippen LogP contribution in [-0.2, 0) is 13.2 Å². The Hall–Kier alpha value is -0.980. The number of halogens is 1. The minimum atomic E-state index is 0.508. The number of hydrogen-bond donors (Lipinski definition) is 1. The summed E-state index contributed by atoms with van der Waals surface area (Å²) in [6.45, 7) is 1.23. The molecule has 0 aliphatic heterocycles. The van der Waals surface area contributed by atoms with Crippen LogP contribution in [-0.4, -0.2) is 17.2 Å². The highest BCUT2D eigenvalue weighted by Crippen LogP contribution is 2.19. The maximum Gasteiger partial charge on any atom is 0.294 e. The molecule has 0 saturated heterocycles. The molecule has 0 spiro atoms. The number of aromatic nitrogens is 2. The predicted octanol–water partition coefficient (Wildman–Crippen LogP) is 2.60. The van der Waals surface area contributed by atoms with E-state index in [2.05, 4.69) is 31.4 Å². The molecular weight excluding hydrogens is 302 g/mol. The summed E-state index contributed by atoms with van der Waals surface area (Å²) in [7, 11) is 1.88. The molecule has 1 aromatic heterocycles. The normalized spacial score (nSPS) is 10.5. The first-order valence-electron chi connectivity index (χ1n) is 5.12. The highest BCUT2D eigenvalue weighted by atomic mass is 79.9. The standard InChI is InChI=1S/C11H12BrN3OS/c1-13-6-10-14-15-11(17-10)16-7-8-3-2-4-9(12)5-8/h2-5,13H,6-7H2,1H3. The van der Waals surface area contributed by atoms with E-state index < -0.39 is 0 Å². The zero-order valence-electron chi connectivity index (χ0n) is 9.31. The van der Waals surface area contributed by atoms with E-state index in [0.717, 1.165) is 21.6 Å². The van der Waals surface area contributed by atoms with Gasteiger partial charge in [0.15, 0.2) is 0 Å². The van der Waals surface area contributed by atoms with Gasteiger partial charge in [0, 0.05) is 11.0 Å². The highest BCUT2D eigenvalue weighted by molar-refractivity contribution is 9.10. The van der Waals surface area contributed by atoms with E-state index in [4.69, 9.17) is 4.74 Å². The lowest BCUT2D eigenvalue weighted by atomic mass is 10.2. The molecular formula is C11H12BrN3OS. The third-order valence-corrected chi connectivity index (χ3v) is 3.36. The van der Waals surface area contributed by atoms with Gasteiger partial charge in [-0.3, -0.25) is 0 Å². The zero-order chi connectivity index (χ0) is 12.1. The average molecular weight is 314 g/mol. The van der Waals surface area contributed by atoms with E-state index in [1.54, 1.807) is 0 Å². The topological polar surface area (TPSA) is 47.0 Å². The lowest BCUT2D eigenvalue weighted by molar-refractivity contribution is 0.302. The number of nitrogens with one attached hydrogen (secondary N) is 1. The van der Waals surface area contributed by atoms with Crippen molar-refractivity contribution in [3.8, 4) is 5.19 Å². The minimum absolute atomic E-state index is 0.508. The maximum absolute atomic E-state index is 5.57. The summed E-state index contributed by atoms with van der Waals surface area (Å²) in [6, 6.07) is 8.00. The molecule has 17 heavy (non-hydrogen) atoms. The first-order chi connectivity index (χ1) is 8.28. The van der Waals surface area contributed by atoms with E-state index >= 15 is 0 Å². The van der Waals surface area contributed by atoms with Gasteiger partial charge in [0.1, 0.15) is 11.6 Å². The monoisotopic (exact) mass is 313 g/mol. The van der Waals surface area contributed by atoms with Gasteiger partial charge in [-0.2, -0.15) is 0 Å². The molecule has 0 atom stereocenters. The summed E-state index contributed by atoms with van der Waals surface area (Å²) in [5.74, 6) is 0. The second kappa shape index (κ2) is 6.09. The predicted molar refractivity (Wildman–Crippen MR) is 71.1 cm³/mol. The average Bonchev–Trinajstić information content (AvgIpc) is 2.75. The summed E-state index contributed by atoms with van der Waals surface area (Å²) >= 11 is 4.89. The van der Waals surface area contributed by atoms with Gasteiger partial charge in [0.25, 0.3) is 5.19 Å². The SMILES string of the molecule is CNCc1nnc(OCc2cccc(Br)c2)s1. The van der Waals surface area contributed by atoms with Crippen molar-refractivity contribution in [3.05, 3.63) is 39.3 Å².